The number of benzene rings is 1. The SMILES string of the molecule is C=CC(=O)N1CCN2Cc3c(N4CCOC(C)(C)C4)nc(-c4c(O)cccc4F)c(Cl)c3OC[C@H]2C1. The van der Waals surface area contributed by atoms with Gasteiger partial charge in [0.25, 0.3) is 0 Å². The third-order valence-electron chi connectivity index (χ3n) is 6.99. The average molecular weight is 517 g/mol. The number of hydrogen-bond acceptors (Lipinski definition) is 7. The van der Waals surface area contributed by atoms with Crippen LogP contribution in [-0.2, 0) is 16.1 Å². The number of anilines is 1. The van der Waals surface area contributed by atoms with Crippen molar-refractivity contribution in [2.75, 3.05) is 50.8 Å². The monoisotopic (exact) mass is 516 g/mol. The normalized spacial score (nSPS) is 21.7. The van der Waals surface area contributed by atoms with Gasteiger partial charge in [0.2, 0.25) is 5.91 Å². The number of aromatic hydroxyl groups is 1. The van der Waals surface area contributed by atoms with Gasteiger partial charge < -0.3 is 24.4 Å². The largest absolute Gasteiger partial charge is 0.507 e. The Labute approximate surface area is 214 Å². The van der Waals surface area contributed by atoms with Crippen LogP contribution in [0.4, 0.5) is 10.2 Å². The molecule has 36 heavy (non-hydrogen) atoms. The molecule has 2 fully saturated rings. The van der Waals surface area contributed by atoms with Crippen LogP contribution in [-0.4, -0.2) is 83.4 Å². The number of ether oxygens (including phenoxy) is 2. The van der Waals surface area contributed by atoms with Crippen LogP contribution in [0.25, 0.3) is 11.3 Å². The Kier molecular flexibility index (Phi) is 6.57. The second-order valence-corrected chi connectivity index (χ2v) is 10.4. The number of hydrogen-bond donors (Lipinski definition) is 1. The van der Waals surface area contributed by atoms with Crippen LogP contribution < -0.4 is 9.64 Å². The molecule has 10 heteroatoms. The molecule has 3 aliphatic heterocycles. The van der Waals surface area contributed by atoms with E-state index in [0.29, 0.717) is 64.0 Å². The maximum absolute atomic E-state index is 14.9. The van der Waals surface area contributed by atoms with Gasteiger partial charge in [-0.25, -0.2) is 9.37 Å². The first-order valence-corrected chi connectivity index (χ1v) is 12.4. The molecule has 0 unspecified atom stereocenters. The molecule has 8 nitrogen and oxygen atoms in total. The Bertz CT molecular complexity index is 1190. The Morgan fingerprint density at radius 3 is 2.86 bits per heavy atom. The number of nitrogens with zero attached hydrogens (tertiary/aromatic N) is 4. The second-order valence-electron chi connectivity index (χ2n) is 9.99. The van der Waals surface area contributed by atoms with Gasteiger partial charge >= 0.3 is 0 Å². The lowest BCUT2D eigenvalue weighted by Gasteiger charge is -2.41. The van der Waals surface area contributed by atoms with Crippen LogP contribution >= 0.6 is 11.6 Å². The standard InChI is InChI=1S/C26H30ClFN4O4/c1-4-20(34)31-9-8-30-13-17-24(35-14-16(30)12-31)22(27)23(21-18(28)6-5-7-19(21)33)29-25(17)32-10-11-36-26(2,3)15-32/h4-7,16,33H,1,8-15H2,2-3H3/t16-/m1/s1. The summed E-state index contributed by atoms with van der Waals surface area (Å²) >= 11 is 6.84. The molecule has 3 aliphatic rings. The van der Waals surface area contributed by atoms with Crippen LogP contribution in [0.5, 0.6) is 11.5 Å². The number of carbonyl (C=O) groups excluding carboxylic acids is 1. The molecule has 1 aromatic carbocycles. The van der Waals surface area contributed by atoms with E-state index in [9.17, 15) is 14.3 Å². The van der Waals surface area contributed by atoms with E-state index in [2.05, 4.69) is 16.4 Å². The molecular formula is C26H30ClFN4O4. The highest BCUT2D eigenvalue weighted by molar-refractivity contribution is 6.35. The summed E-state index contributed by atoms with van der Waals surface area (Å²) in [5, 5.41) is 10.7. The molecule has 1 atom stereocenters. The topological polar surface area (TPSA) is 78.4 Å². The van der Waals surface area contributed by atoms with Crippen molar-refractivity contribution in [3.05, 3.63) is 47.3 Å². The summed E-state index contributed by atoms with van der Waals surface area (Å²) in [6.45, 7) is 11.9. The van der Waals surface area contributed by atoms with Crippen LogP contribution in [0.2, 0.25) is 5.02 Å². The molecule has 4 heterocycles. The van der Waals surface area contributed by atoms with E-state index < -0.39 is 11.4 Å². The molecule has 2 aromatic rings. The molecular weight excluding hydrogens is 487 g/mol. The number of amides is 1. The molecule has 0 spiro atoms. The molecule has 1 aromatic heterocycles. The van der Waals surface area contributed by atoms with Crippen LogP contribution in [0, 0.1) is 5.82 Å². The first-order chi connectivity index (χ1) is 17.2. The number of halogens is 2. The Hall–Kier alpha value is -2.88. The summed E-state index contributed by atoms with van der Waals surface area (Å²) in [7, 11) is 0. The number of aromatic nitrogens is 1. The third-order valence-corrected chi connectivity index (χ3v) is 7.35. The smallest absolute Gasteiger partial charge is 0.246 e. The van der Waals surface area contributed by atoms with E-state index in [1.807, 2.05) is 13.8 Å². The van der Waals surface area contributed by atoms with Crippen molar-refractivity contribution in [3.63, 3.8) is 0 Å². The summed E-state index contributed by atoms with van der Waals surface area (Å²) in [6, 6.07) is 4.06. The fraction of sp³-hybridized carbons (Fsp3) is 0.462. The zero-order valence-corrected chi connectivity index (χ0v) is 21.2. The predicted octanol–water partition coefficient (Wildman–Crippen LogP) is 3.45. The maximum atomic E-state index is 14.9. The Morgan fingerprint density at radius 2 is 2.14 bits per heavy atom. The molecule has 0 aliphatic carbocycles. The van der Waals surface area contributed by atoms with Gasteiger partial charge in [0, 0.05) is 39.3 Å². The number of fused-ring (bicyclic) bond motifs is 2. The highest BCUT2D eigenvalue weighted by Crippen LogP contribution is 2.46. The van der Waals surface area contributed by atoms with Crippen molar-refractivity contribution in [3.8, 4) is 22.8 Å². The fourth-order valence-corrected chi connectivity index (χ4v) is 5.51. The average Bonchev–Trinajstić information content (AvgIpc) is 3.03. The summed E-state index contributed by atoms with van der Waals surface area (Å²) < 4.78 is 27.1. The molecule has 1 N–H and O–H groups in total. The van der Waals surface area contributed by atoms with E-state index in [-0.39, 0.29) is 34.0 Å². The Morgan fingerprint density at radius 1 is 1.33 bits per heavy atom. The quantitative estimate of drug-likeness (QED) is 0.626. The van der Waals surface area contributed by atoms with Gasteiger partial charge in [-0.3, -0.25) is 9.69 Å². The lowest BCUT2D eigenvalue weighted by molar-refractivity contribution is -0.129. The minimum absolute atomic E-state index is 0.0505. The highest BCUT2D eigenvalue weighted by Gasteiger charge is 2.37. The summed E-state index contributed by atoms with van der Waals surface area (Å²) in [6.07, 6.45) is 1.33. The number of phenolic OH excluding ortho intramolecular Hbond substituents is 1. The number of morpholine rings is 1. The lowest BCUT2D eigenvalue weighted by atomic mass is 10.0. The van der Waals surface area contributed by atoms with Gasteiger partial charge in [-0.2, -0.15) is 0 Å². The van der Waals surface area contributed by atoms with Crippen molar-refractivity contribution in [1.82, 2.24) is 14.8 Å². The summed E-state index contributed by atoms with van der Waals surface area (Å²) in [5.41, 5.74) is 0.474. The number of carbonyl (C=O) groups is 1. The van der Waals surface area contributed by atoms with Gasteiger partial charge in [-0.15, -0.1) is 0 Å². The summed E-state index contributed by atoms with van der Waals surface area (Å²) in [4.78, 5) is 23.2. The van der Waals surface area contributed by atoms with Crippen LogP contribution in [0.1, 0.15) is 19.4 Å². The van der Waals surface area contributed by atoms with E-state index in [1.54, 1.807) is 4.90 Å². The number of rotatable bonds is 3. The third kappa shape index (κ3) is 4.51. The van der Waals surface area contributed by atoms with E-state index in [1.165, 1.54) is 24.3 Å². The minimum Gasteiger partial charge on any atom is -0.507 e. The number of pyridine rings is 1. The number of piperazine rings is 1. The van der Waals surface area contributed by atoms with E-state index >= 15 is 0 Å². The van der Waals surface area contributed by atoms with E-state index in [0.717, 1.165) is 5.56 Å². The van der Waals surface area contributed by atoms with Gasteiger partial charge in [-0.1, -0.05) is 24.2 Å². The van der Waals surface area contributed by atoms with Crippen molar-refractivity contribution < 1.29 is 23.8 Å². The lowest BCUT2D eigenvalue weighted by Crippen LogP contribution is -2.55. The van der Waals surface area contributed by atoms with Gasteiger partial charge in [0.15, 0.2) is 0 Å². The van der Waals surface area contributed by atoms with Crippen LogP contribution in [0.15, 0.2) is 30.9 Å². The van der Waals surface area contributed by atoms with Crippen molar-refractivity contribution in [1.29, 1.82) is 0 Å². The maximum Gasteiger partial charge on any atom is 0.246 e. The molecule has 0 saturated carbocycles. The van der Waals surface area contributed by atoms with Gasteiger partial charge in [0.05, 0.1) is 29.4 Å². The first kappa shape index (κ1) is 24.8. The Balaban J connectivity index is 1.62. The van der Waals surface area contributed by atoms with Crippen molar-refractivity contribution in [2.24, 2.45) is 0 Å². The molecule has 0 bridgehead atoms. The zero-order valence-electron chi connectivity index (χ0n) is 20.5. The molecule has 192 valence electrons. The first-order valence-electron chi connectivity index (χ1n) is 12.1. The van der Waals surface area contributed by atoms with E-state index in [4.69, 9.17) is 26.1 Å². The number of phenols is 1. The van der Waals surface area contributed by atoms with Gasteiger partial charge in [0.1, 0.15) is 40.5 Å². The second kappa shape index (κ2) is 9.53. The predicted molar refractivity (Wildman–Crippen MR) is 135 cm³/mol. The van der Waals surface area contributed by atoms with Crippen molar-refractivity contribution >= 4 is 23.3 Å². The fourth-order valence-electron chi connectivity index (χ4n) is 5.20. The highest BCUT2D eigenvalue weighted by atomic mass is 35.5. The van der Waals surface area contributed by atoms with Crippen molar-refractivity contribution in [2.45, 2.75) is 32.0 Å². The molecule has 0 radical (unpaired) electrons. The molecule has 2 saturated heterocycles. The molecule has 5 rings (SSSR count). The minimum atomic E-state index is -0.623. The zero-order chi connectivity index (χ0) is 25.6. The van der Waals surface area contributed by atoms with Crippen LogP contribution in [0.3, 0.4) is 0 Å². The molecule has 1 amide bonds. The van der Waals surface area contributed by atoms with Gasteiger partial charge in [-0.05, 0) is 32.1 Å². The summed E-state index contributed by atoms with van der Waals surface area (Å²) in [5.74, 6) is 0.0856.